The van der Waals surface area contributed by atoms with Crippen molar-refractivity contribution < 1.29 is 19.8 Å². The van der Waals surface area contributed by atoms with Gasteiger partial charge in [-0.3, -0.25) is 18.7 Å². The molecule has 1 aromatic carbocycles. The van der Waals surface area contributed by atoms with Gasteiger partial charge >= 0.3 is 17.6 Å². The quantitative estimate of drug-likeness (QED) is 0.485. The fourth-order valence-corrected chi connectivity index (χ4v) is 2.74. The molecule has 4 N–H and O–H groups in total. The zero-order chi connectivity index (χ0) is 18.7. The molecule has 0 amide bonds. The van der Waals surface area contributed by atoms with Gasteiger partial charge in [0.2, 0.25) is 0 Å². The molecule has 0 aliphatic heterocycles. The standard InChI is InChI=1S/C15H14IN3O6.ClH/c16-10-6-18(7-11(17)14(23)24)15(25)19(12(10)20)5-8-1-3-9(4-2-8)13(21)22;/h1-4,6,11H,5,7,17H2,(H,21,22)(H,23,24);1H/t11-;/m0./s1. The highest BCUT2D eigenvalue weighted by atomic mass is 127. The fourth-order valence-electron chi connectivity index (χ4n) is 2.11. The first-order valence-corrected chi connectivity index (χ1v) is 8.09. The summed E-state index contributed by atoms with van der Waals surface area (Å²) < 4.78 is 2.26. The van der Waals surface area contributed by atoms with Crippen molar-refractivity contribution in [2.75, 3.05) is 0 Å². The Bertz CT molecular complexity index is 938. The molecule has 9 nitrogen and oxygen atoms in total. The van der Waals surface area contributed by atoms with Gasteiger partial charge in [0.15, 0.2) is 0 Å². The lowest BCUT2D eigenvalue weighted by Gasteiger charge is -2.13. The minimum atomic E-state index is -1.28. The maximum Gasteiger partial charge on any atom is 0.335 e. The van der Waals surface area contributed by atoms with Crippen LogP contribution in [0.5, 0.6) is 0 Å². The minimum Gasteiger partial charge on any atom is -0.480 e. The Morgan fingerprint density at radius 2 is 1.73 bits per heavy atom. The number of carboxylic acids is 2. The Balaban J connectivity index is 0.00000338. The van der Waals surface area contributed by atoms with Gasteiger partial charge < -0.3 is 15.9 Å². The number of nitrogens with zero attached hydrogens (tertiary/aromatic N) is 2. The van der Waals surface area contributed by atoms with Gasteiger partial charge in [0.05, 0.1) is 22.2 Å². The van der Waals surface area contributed by atoms with Crippen molar-refractivity contribution in [3.05, 3.63) is 66.0 Å². The van der Waals surface area contributed by atoms with Gasteiger partial charge in [0, 0.05) is 6.20 Å². The number of halogens is 2. The average molecular weight is 496 g/mol. The van der Waals surface area contributed by atoms with Crippen LogP contribution < -0.4 is 17.0 Å². The molecule has 0 bridgehead atoms. The molecule has 140 valence electrons. The maximum absolute atomic E-state index is 12.5. The second-order valence-electron chi connectivity index (χ2n) is 5.25. The van der Waals surface area contributed by atoms with Crippen LogP contribution in [0.1, 0.15) is 15.9 Å². The molecule has 0 aliphatic rings. The second kappa shape index (κ2) is 8.96. The number of aromatic nitrogens is 2. The van der Waals surface area contributed by atoms with Crippen LogP contribution in [0.15, 0.2) is 40.1 Å². The van der Waals surface area contributed by atoms with Gasteiger partial charge in [-0.2, -0.15) is 0 Å². The van der Waals surface area contributed by atoms with Crippen molar-refractivity contribution in [1.82, 2.24) is 9.13 Å². The van der Waals surface area contributed by atoms with E-state index in [1.165, 1.54) is 30.5 Å². The SMILES string of the molecule is Cl.N[C@@H](Cn1cc(I)c(=O)n(Cc2ccc(C(=O)O)cc2)c1=O)C(=O)O. The predicted molar refractivity (Wildman–Crippen MR) is 103 cm³/mol. The van der Waals surface area contributed by atoms with Gasteiger partial charge in [-0.05, 0) is 40.3 Å². The summed E-state index contributed by atoms with van der Waals surface area (Å²) in [5.41, 5.74) is 4.88. The molecule has 2 rings (SSSR count). The number of nitrogens with two attached hydrogens (primary N) is 1. The maximum atomic E-state index is 12.5. The summed E-state index contributed by atoms with van der Waals surface area (Å²) in [5.74, 6) is -2.34. The first kappa shape index (κ1) is 21.9. The Kier molecular flexibility index (Phi) is 7.54. The topological polar surface area (TPSA) is 145 Å². The monoisotopic (exact) mass is 495 g/mol. The van der Waals surface area contributed by atoms with Gasteiger partial charge in [0.1, 0.15) is 6.04 Å². The summed E-state index contributed by atoms with van der Waals surface area (Å²) in [7, 11) is 0. The number of hydrogen-bond donors (Lipinski definition) is 3. The number of benzene rings is 1. The number of hydrogen-bond acceptors (Lipinski definition) is 5. The van der Waals surface area contributed by atoms with E-state index in [0.717, 1.165) is 9.13 Å². The molecule has 1 heterocycles. The smallest absolute Gasteiger partial charge is 0.335 e. The van der Waals surface area contributed by atoms with Crippen LogP contribution in [-0.4, -0.2) is 37.3 Å². The van der Waals surface area contributed by atoms with E-state index in [0.29, 0.717) is 5.56 Å². The van der Waals surface area contributed by atoms with Gasteiger partial charge in [-0.25, -0.2) is 9.59 Å². The summed E-state index contributed by atoms with van der Waals surface area (Å²) >= 11 is 1.75. The lowest BCUT2D eigenvalue weighted by molar-refractivity contribution is -0.138. The van der Waals surface area contributed by atoms with Crippen molar-refractivity contribution in [2.24, 2.45) is 5.73 Å². The summed E-state index contributed by atoms with van der Waals surface area (Å²) in [5, 5.41) is 17.8. The lowest BCUT2D eigenvalue weighted by atomic mass is 10.1. The van der Waals surface area contributed by atoms with Crippen LogP contribution in [0.3, 0.4) is 0 Å². The molecule has 0 fully saturated rings. The van der Waals surface area contributed by atoms with Crippen LogP contribution in [0, 0.1) is 3.57 Å². The molecule has 0 aliphatic carbocycles. The molecule has 26 heavy (non-hydrogen) atoms. The third-order valence-corrected chi connectivity index (χ3v) is 4.19. The van der Waals surface area contributed by atoms with E-state index in [-0.39, 0.29) is 34.6 Å². The number of aromatic carboxylic acids is 1. The number of aliphatic carboxylic acids is 1. The van der Waals surface area contributed by atoms with Crippen LogP contribution in [-0.2, 0) is 17.9 Å². The molecular weight excluding hydrogens is 481 g/mol. The fraction of sp³-hybridized carbons (Fsp3) is 0.200. The first-order valence-electron chi connectivity index (χ1n) is 7.01. The van der Waals surface area contributed by atoms with E-state index in [1.807, 2.05) is 0 Å². The second-order valence-corrected chi connectivity index (χ2v) is 6.41. The Labute approximate surface area is 166 Å². The molecule has 11 heteroatoms. The summed E-state index contributed by atoms with van der Waals surface area (Å²) in [6, 6.07) is 4.46. The van der Waals surface area contributed by atoms with Gasteiger partial charge in [-0.1, -0.05) is 12.1 Å². The van der Waals surface area contributed by atoms with E-state index in [2.05, 4.69) is 0 Å². The first-order chi connectivity index (χ1) is 11.7. The largest absolute Gasteiger partial charge is 0.480 e. The molecule has 0 unspecified atom stereocenters. The third kappa shape index (κ3) is 4.93. The summed E-state index contributed by atoms with van der Waals surface area (Å²) in [6.07, 6.45) is 1.26. The van der Waals surface area contributed by atoms with E-state index in [1.54, 1.807) is 22.6 Å². The van der Waals surface area contributed by atoms with Crippen LogP contribution >= 0.6 is 35.0 Å². The lowest BCUT2D eigenvalue weighted by Crippen LogP contribution is -2.45. The minimum absolute atomic E-state index is 0. The average Bonchev–Trinajstić information content (AvgIpc) is 2.56. The number of carbonyl (C=O) groups is 2. The van der Waals surface area contributed by atoms with Crippen molar-refractivity contribution in [3.8, 4) is 0 Å². The Morgan fingerprint density at radius 3 is 2.23 bits per heavy atom. The van der Waals surface area contributed by atoms with Crippen molar-refractivity contribution in [1.29, 1.82) is 0 Å². The van der Waals surface area contributed by atoms with Crippen LogP contribution in [0.2, 0.25) is 0 Å². The zero-order valence-corrected chi connectivity index (χ0v) is 16.1. The van der Waals surface area contributed by atoms with E-state index < -0.39 is 29.2 Å². The van der Waals surface area contributed by atoms with E-state index in [9.17, 15) is 19.2 Å². The molecule has 2 aromatic rings. The van der Waals surface area contributed by atoms with Crippen molar-refractivity contribution in [3.63, 3.8) is 0 Å². The van der Waals surface area contributed by atoms with Crippen LogP contribution in [0.25, 0.3) is 0 Å². The van der Waals surface area contributed by atoms with Gasteiger partial charge in [-0.15, -0.1) is 12.4 Å². The zero-order valence-electron chi connectivity index (χ0n) is 13.2. The number of rotatable bonds is 6. The predicted octanol–water partition coefficient (Wildman–Crippen LogP) is 0.195. The summed E-state index contributed by atoms with van der Waals surface area (Å²) in [4.78, 5) is 46.4. The summed E-state index contributed by atoms with van der Waals surface area (Å²) in [6.45, 7) is -0.348. The van der Waals surface area contributed by atoms with E-state index >= 15 is 0 Å². The highest BCUT2D eigenvalue weighted by Gasteiger charge is 2.16. The van der Waals surface area contributed by atoms with Crippen molar-refractivity contribution in [2.45, 2.75) is 19.1 Å². The molecule has 1 atom stereocenters. The molecule has 0 radical (unpaired) electrons. The Hall–Kier alpha value is -2.18. The van der Waals surface area contributed by atoms with Gasteiger partial charge in [0.25, 0.3) is 5.56 Å². The normalized spacial score (nSPS) is 11.5. The molecular formula is C15H15ClIN3O6. The van der Waals surface area contributed by atoms with E-state index in [4.69, 9.17) is 15.9 Å². The molecule has 1 aromatic heterocycles. The molecule has 0 spiro atoms. The Morgan fingerprint density at radius 1 is 1.15 bits per heavy atom. The third-order valence-electron chi connectivity index (χ3n) is 3.45. The number of carboxylic acid groups (broad SMARTS) is 2. The highest BCUT2D eigenvalue weighted by Crippen LogP contribution is 2.06. The van der Waals surface area contributed by atoms with Crippen LogP contribution in [0.4, 0.5) is 0 Å². The highest BCUT2D eigenvalue weighted by molar-refractivity contribution is 14.1. The van der Waals surface area contributed by atoms with Crippen molar-refractivity contribution >= 4 is 46.9 Å². The molecule has 0 saturated carbocycles. The molecule has 0 saturated heterocycles.